The number of hydrogen-bond donors (Lipinski definition) is 2. The van der Waals surface area contributed by atoms with Gasteiger partial charge in [-0.05, 0) is 22.0 Å². The Morgan fingerprint density at radius 1 is 1.69 bits per heavy atom. The van der Waals surface area contributed by atoms with Crippen molar-refractivity contribution in [2.75, 3.05) is 6.61 Å². The van der Waals surface area contributed by atoms with Crippen molar-refractivity contribution < 1.29 is 5.11 Å². The molecule has 0 amide bonds. The van der Waals surface area contributed by atoms with E-state index in [1.165, 1.54) is 0 Å². The summed E-state index contributed by atoms with van der Waals surface area (Å²) in [5.41, 5.74) is 5.77. The number of rotatable bonds is 3. The van der Waals surface area contributed by atoms with E-state index in [-0.39, 0.29) is 18.1 Å². The second-order valence-corrected chi connectivity index (χ2v) is 5.65. The molecule has 1 aromatic heterocycles. The number of halogens is 1. The highest BCUT2D eigenvalue weighted by Crippen LogP contribution is 2.35. The van der Waals surface area contributed by atoms with E-state index >= 15 is 0 Å². The van der Waals surface area contributed by atoms with Crippen molar-refractivity contribution in [2.24, 2.45) is 11.1 Å². The highest BCUT2D eigenvalue weighted by Gasteiger charge is 2.27. The lowest BCUT2D eigenvalue weighted by Gasteiger charge is -2.28. The van der Waals surface area contributed by atoms with E-state index < -0.39 is 0 Å². The maximum atomic E-state index is 9.15. The monoisotopic (exact) mass is 263 g/mol. The van der Waals surface area contributed by atoms with Crippen LogP contribution in [-0.4, -0.2) is 11.7 Å². The van der Waals surface area contributed by atoms with Crippen molar-refractivity contribution >= 4 is 27.3 Å². The first-order chi connectivity index (χ1) is 5.97. The molecule has 1 atom stereocenters. The molecule has 1 unspecified atom stereocenters. The van der Waals surface area contributed by atoms with Crippen molar-refractivity contribution in [1.82, 2.24) is 0 Å². The molecule has 3 N–H and O–H groups in total. The van der Waals surface area contributed by atoms with Crippen molar-refractivity contribution in [2.45, 2.75) is 19.9 Å². The highest BCUT2D eigenvalue weighted by molar-refractivity contribution is 9.10. The fourth-order valence-corrected chi connectivity index (χ4v) is 2.63. The Hall–Kier alpha value is 0.1000. The molecule has 1 rings (SSSR count). The van der Waals surface area contributed by atoms with Crippen LogP contribution in [0.25, 0.3) is 0 Å². The van der Waals surface area contributed by atoms with Gasteiger partial charge in [-0.15, -0.1) is 11.3 Å². The first-order valence-corrected chi connectivity index (χ1v) is 5.75. The summed E-state index contributed by atoms with van der Waals surface area (Å²) in [6, 6.07) is 1.90. The van der Waals surface area contributed by atoms with Gasteiger partial charge in [0.1, 0.15) is 0 Å². The van der Waals surface area contributed by atoms with Crippen LogP contribution in [0, 0.1) is 5.41 Å². The van der Waals surface area contributed by atoms with E-state index in [1.807, 2.05) is 25.3 Å². The molecule has 0 saturated heterocycles. The van der Waals surface area contributed by atoms with Crippen molar-refractivity contribution in [3.63, 3.8) is 0 Å². The SMILES string of the molecule is CC(C)(CO)C(N)c1cc(Br)cs1. The number of hydrogen-bond acceptors (Lipinski definition) is 3. The van der Waals surface area contributed by atoms with Gasteiger partial charge in [-0.1, -0.05) is 13.8 Å². The summed E-state index contributed by atoms with van der Waals surface area (Å²) < 4.78 is 1.05. The zero-order valence-corrected chi connectivity index (χ0v) is 10.2. The normalized spacial score (nSPS) is 14.5. The average Bonchev–Trinajstić information content (AvgIpc) is 2.50. The number of thiophene rings is 1. The molecular formula is C9H14BrNOS. The zero-order chi connectivity index (χ0) is 10.1. The summed E-state index contributed by atoms with van der Waals surface area (Å²) in [7, 11) is 0. The lowest BCUT2D eigenvalue weighted by molar-refractivity contribution is 0.133. The Bertz CT molecular complexity index is 285. The van der Waals surface area contributed by atoms with Gasteiger partial charge in [-0.2, -0.15) is 0 Å². The van der Waals surface area contributed by atoms with Crippen LogP contribution in [0.4, 0.5) is 0 Å². The van der Waals surface area contributed by atoms with Gasteiger partial charge in [0.2, 0.25) is 0 Å². The van der Waals surface area contributed by atoms with E-state index in [0.29, 0.717) is 0 Å². The number of aliphatic hydroxyl groups is 1. The summed E-state index contributed by atoms with van der Waals surface area (Å²) in [6.07, 6.45) is 0. The Balaban J connectivity index is 2.84. The molecule has 0 aliphatic rings. The van der Waals surface area contributed by atoms with Gasteiger partial charge >= 0.3 is 0 Å². The van der Waals surface area contributed by atoms with E-state index in [4.69, 9.17) is 10.8 Å². The molecule has 0 spiro atoms. The fraction of sp³-hybridized carbons (Fsp3) is 0.556. The summed E-state index contributed by atoms with van der Waals surface area (Å²) in [5.74, 6) is 0. The standard InChI is InChI=1S/C9H14BrNOS/c1-9(2,5-12)8(11)7-3-6(10)4-13-7/h3-4,8,12H,5,11H2,1-2H3. The molecule has 13 heavy (non-hydrogen) atoms. The molecular weight excluding hydrogens is 250 g/mol. The predicted octanol–water partition coefficient (Wildman–Crippen LogP) is 2.53. The third-order valence-corrected chi connectivity index (χ3v) is 3.92. The van der Waals surface area contributed by atoms with Crippen LogP contribution in [0.15, 0.2) is 15.9 Å². The first-order valence-electron chi connectivity index (χ1n) is 4.08. The van der Waals surface area contributed by atoms with Gasteiger partial charge < -0.3 is 10.8 Å². The van der Waals surface area contributed by atoms with Crippen LogP contribution in [0.1, 0.15) is 24.8 Å². The minimum Gasteiger partial charge on any atom is -0.396 e. The van der Waals surface area contributed by atoms with Gasteiger partial charge in [-0.3, -0.25) is 0 Å². The molecule has 2 nitrogen and oxygen atoms in total. The van der Waals surface area contributed by atoms with E-state index in [9.17, 15) is 0 Å². The minimum atomic E-state index is -0.260. The van der Waals surface area contributed by atoms with Crippen molar-refractivity contribution in [1.29, 1.82) is 0 Å². The van der Waals surface area contributed by atoms with Gasteiger partial charge in [0.05, 0.1) is 6.61 Å². The second kappa shape index (κ2) is 4.09. The van der Waals surface area contributed by atoms with Crippen LogP contribution in [0.2, 0.25) is 0 Å². The topological polar surface area (TPSA) is 46.2 Å². The summed E-state index contributed by atoms with van der Waals surface area (Å²) >= 11 is 5.00. The van der Waals surface area contributed by atoms with Crippen molar-refractivity contribution in [3.8, 4) is 0 Å². The average molecular weight is 264 g/mol. The summed E-state index contributed by atoms with van der Waals surface area (Å²) in [4.78, 5) is 1.10. The summed E-state index contributed by atoms with van der Waals surface area (Å²) in [5, 5.41) is 11.1. The number of nitrogens with two attached hydrogens (primary N) is 1. The van der Waals surface area contributed by atoms with Crippen LogP contribution >= 0.6 is 27.3 Å². The molecule has 0 aromatic carbocycles. The molecule has 4 heteroatoms. The molecule has 0 fully saturated rings. The lowest BCUT2D eigenvalue weighted by Crippen LogP contribution is -2.31. The van der Waals surface area contributed by atoms with E-state index in [0.717, 1.165) is 9.35 Å². The van der Waals surface area contributed by atoms with E-state index in [2.05, 4.69) is 15.9 Å². The van der Waals surface area contributed by atoms with Gasteiger partial charge in [0.15, 0.2) is 0 Å². The third-order valence-electron chi connectivity index (χ3n) is 2.14. The molecule has 0 saturated carbocycles. The fourth-order valence-electron chi connectivity index (χ4n) is 0.975. The first kappa shape index (κ1) is 11.2. The van der Waals surface area contributed by atoms with Crippen LogP contribution in [0.3, 0.4) is 0 Å². The second-order valence-electron chi connectivity index (χ2n) is 3.79. The maximum absolute atomic E-state index is 9.15. The van der Waals surface area contributed by atoms with Gasteiger partial charge in [0, 0.05) is 26.2 Å². The smallest absolute Gasteiger partial charge is 0.0500 e. The Morgan fingerprint density at radius 2 is 2.31 bits per heavy atom. The third kappa shape index (κ3) is 2.53. The van der Waals surface area contributed by atoms with Crippen LogP contribution < -0.4 is 5.73 Å². The number of aliphatic hydroxyl groups excluding tert-OH is 1. The zero-order valence-electron chi connectivity index (χ0n) is 7.75. The molecule has 74 valence electrons. The highest BCUT2D eigenvalue weighted by atomic mass is 79.9. The molecule has 1 aromatic rings. The van der Waals surface area contributed by atoms with Gasteiger partial charge in [-0.25, -0.2) is 0 Å². The van der Waals surface area contributed by atoms with Crippen LogP contribution in [-0.2, 0) is 0 Å². The Labute approximate surface area is 90.9 Å². The maximum Gasteiger partial charge on any atom is 0.0500 e. The minimum absolute atomic E-state index is 0.101. The lowest BCUT2D eigenvalue weighted by atomic mass is 9.85. The van der Waals surface area contributed by atoms with Crippen molar-refractivity contribution in [3.05, 3.63) is 20.8 Å². The quantitative estimate of drug-likeness (QED) is 0.881. The van der Waals surface area contributed by atoms with Gasteiger partial charge in [0.25, 0.3) is 0 Å². The molecule has 0 bridgehead atoms. The van der Waals surface area contributed by atoms with Crippen LogP contribution in [0.5, 0.6) is 0 Å². The molecule has 0 aliphatic carbocycles. The Morgan fingerprint density at radius 3 is 2.69 bits per heavy atom. The molecule has 0 aliphatic heterocycles. The summed E-state index contributed by atoms with van der Waals surface area (Å²) in [6.45, 7) is 4.03. The molecule has 0 radical (unpaired) electrons. The Kier molecular flexibility index (Phi) is 3.51. The van der Waals surface area contributed by atoms with E-state index in [1.54, 1.807) is 11.3 Å². The molecule has 1 heterocycles. The predicted molar refractivity (Wildman–Crippen MR) is 59.8 cm³/mol. The largest absolute Gasteiger partial charge is 0.396 e.